The van der Waals surface area contributed by atoms with Crippen molar-refractivity contribution in [3.63, 3.8) is 0 Å². The van der Waals surface area contributed by atoms with Crippen molar-refractivity contribution in [2.75, 3.05) is 12.4 Å². The molecule has 0 saturated heterocycles. The van der Waals surface area contributed by atoms with Crippen molar-refractivity contribution < 1.29 is 5.11 Å². The first kappa shape index (κ1) is 13.9. The van der Waals surface area contributed by atoms with Crippen molar-refractivity contribution in [1.82, 2.24) is 25.5 Å². The van der Waals surface area contributed by atoms with Gasteiger partial charge in [-0.1, -0.05) is 18.3 Å². The molecule has 1 heterocycles. The molecule has 0 radical (unpaired) electrons. The van der Waals surface area contributed by atoms with E-state index in [-0.39, 0.29) is 0 Å². The van der Waals surface area contributed by atoms with Crippen molar-refractivity contribution in [2.45, 2.75) is 6.35 Å². The summed E-state index contributed by atoms with van der Waals surface area (Å²) in [5.41, 5.74) is 1.43. The highest BCUT2D eigenvalue weighted by atomic mass is 32.1. The average Bonchev–Trinajstić information content (AvgIpc) is 2.88. The number of hydrogen-bond acceptors (Lipinski definition) is 7. The molecular formula is C10H12N6OS2. The van der Waals surface area contributed by atoms with Crippen LogP contribution in [0.3, 0.4) is 0 Å². The molecule has 0 spiro atoms. The van der Waals surface area contributed by atoms with E-state index in [2.05, 4.69) is 38.8 Å². The second-order valence-corrected chi connectivity index (χ2v) is 4.76. The van der Waals surface area contributed by atoms with E-state index < -0.39 is 6.35 Å². The zero-order valence-corrected chi connectivity index (χ0v) is 11.7. The van der Waals surface area contributed by atoms with Crippen LogP contribution in [0.5, 0.6) is 0 Å². The van der Waals surface area contributed by atoms with Crippen LogP contribution in [0.2, 0.25) is 0 Å². The molecule has 100 valence electrons. The molecule has 0 amide bonds. The van der Waals surface area contributed by atoms with Crippen molar-refractivity contribution >= 4 is 34.7 Å². The molecular weight excluding hydrogens is 284 g/mol. The van der Waals surface area contributed by atoms with Crippen LogP contribution >= 0.6 is 24.8 Å². The third-order valence-electron chi connectivity index (χ3n) is 2.33. The third-order valence-corrected chi connectivity index (χ3v) is 2.71. The van der Waals surface area contributed by atoms with E-state index in [9.17, 15) is 5.11 Å². The summed E-state index contributed by atoms with van der Waals surface area (Å²) in [7, 11) is 1.64. The summed E-state index contributed by atoms with van der Waals surface area (Å²) in [6.07, 6.45) is -0.838. The molecule has 1 aromatic carbocycles. The van der Waals surface area contributed by atoms with Crippen LogP contribution in [-0.4, -0.2) is 42.9 Å². The van der Waals surface area contributed by atoms with E-state index in [1.54, 1.807) is 13.1 Å². The molecule has 0 aliphatic rings. The van der Waals surface area contributed by atoms with Crippen LogP contribution < -0.4 is 10.6 Å². The van der Waals surface area contributed by atoms with E-state index >= 15 is 0 Å². The van der Waals surface area contributed by atoms with Crippen LogP contribution in [0.15, 0.2) is 24.3 Å². The predicted molar refractivity (Wildman–Crippen MR) is 78.5 cm³/mol. The first-order valence-corrected chi connectivity index (χ1v) is 6.21. The molecule has 1 aromatic heterocycles. The van der Waals surface area contributed by atoms with Gasteiger partial charge in [-0.05, 0) is 35.7 Å². The largest absolute Gasteiger partial charge is 0.361 e. The number of aliphatic hydroxyl groups is 1. The summed E-state index contributed by atoms with van der Waals surface area (Å²) < 4.78 is 1.78. The van der Waals surface area contributed by atoms with Gasteiger partial charge in [0.15, 0.2) is 6.35 Å². The van der Waals surface area contributed by atoms with Crippen LogP contribution in [0.4, 0.5) is 5.69 Å². The number of nitrogens with one attached hydrogen (secondary N) is 2. The maximum absolute atomic E-state index is 9.47. The average molecular weight is 296 g/mol. The summed E-state index contributed by atoms with van der Waals surface area (Å²) in [5.74, 6) is 0.393. The Morgan fingerprint density at radius 3 is 3.00 bits per heavy atom. The minimum atomic E-state index is -0.838. The van der Waals surface area contributed by atoms with Gasteiger partial charge in [0.2, 0.25) is 5.82 Å². The topological polar surface area (TPSA) is 87.9 Å². The Morgan fingerprint density at radius 2 is 2.32 bits per heavy atom. The Hall–Kier alpha value is -1.55. The normalized spacial score (nSPS) is 12.2. The van der Waals surface area contributed by atoms with E-state index in [1.807, 2.05) is 18.2 Å². The number of aliphatic hydroxyl groups excluding tert-OH is 1. The molecule has 2 rings (SSSR count). The number of nitrogens with zero attached hydrogens (tertiary/aromatic N) is 4. The highest BCUT2D eigenvalue weighted by Crippen LogP contribution is 2.15. The fourth-order valence-corrected chi connectivity index (χ4v) is 1.72. The number of benzene rings is 1. The highest BCUT2D eigenvalue weighted by molar-refractivity contribution is 8.11. The lowest BCUT2D eigenvalue weighted by Gasteiger charge is -2.13. The van der Waals surface area contributed by atoms with Gasteiger partial charge in [0.1, 0.15) is 4.20 Å². The van der Waals surface area contributed by atoms with Gasteiger partial charge in [-0.2, -0.15) is 4.68 Å². The zero-order valence-electron chi connectivity index (χ0n) is 9.98. The smallest absolute Gasteiger partial charge is 0.204 e. The lowest BCUT2D eigenvalue weighted by atomic mass is 10.3. The fraction of sp³-hybridized carbons (Fsp3) is 0.200. The number of thiol groups is 1. The number of aromatic nitrogens is 4. The van der Waals surface area contributed by atoms with Gasteiger partial charge in [-0.15, -0.1) is 17.7 Å². The Balaban J connectivity index is 2.32. The molecule has 0 fully saturated rings. The van der Waals surface area contributed by atoms with Gasteiger partial charge in [0.25, 0.3) is 0 Å². The molecule has 0 saturated carbocycles. The molecule has 0 aliphatic carbocycles. The van der Waals surface area contributed by atoms with E-state index in [1.165, 1.54) is 4.68 Å². The fourth-order valence-electron chi connectivity index (χ4n) is 1.45. The SMILES string of the molecule is CNC(O)Nc1cccc(-n2nnnc2C(=S)S)c1. The molecule has 3 N–H and O–H groups in total. The van der Waals surface area contributed by atoms with E-state index in [0.717, 1.165) is 0 Å². The maximum atomic E-state index is 9.47. The second kappa shape index (κ2) is 6.06. The summed E-state index contributed by atoms with van der Waals surface area (Å²) in [4.78, 5) is 0. The van der Waals surface area contributed by atoms with Crippen molar-refractivity contribution in [2.24, 2.45) is 0 Å². The Bertz CT molecular complexity index is 587. The van der Waals surface area contributed by atoms with E-state index in [4.69, 9.17) is 12.2 Å². The zero-order chi connectivity index (χ0) is 13.8. The van der Waals surface area contributed by atoms with Gasteiger partial charge in [-0.25, -0.2) is 0 Å². The molecule has 0 aliphatic heterocycles. The van der Waals surface area contributed by atoms with Gasteiger partial charge in [0.05, 0.1) is 5.69 Å². The number of anilines is 1. The van der Waals surface area contributed by atoms with Gasteiger partial charge in [0, 0.05) is 5.69 Å². The number of hydrogen-bond donors (Lipinski definition) is 4. The number of rotatable bonds is 5. The first-order valence-electron chi connectivity index (χ1n) is 5.36. The van der Waals surface area contributed by atoms with Crippen molar-refractivity contribution in [3.8, 4) is 5.69 Å². The van der Waals surface area contributed by atoms with Crippen LogP contribution in [-0.2, 0) is 0 Å². The second-order valence-electron chi connectivity index (χ2n) is 3.61. The predicted octanol–water partition coefficient (Wildman–Crippen LogP) is 0.175. The van der Waals surface area contributed by atoms with E-state index in [0.29, 0.717) is 21.4 Å². The Labute approximate surface area is 120 Å². The summed E-state index contributed by atoms with van der Waals surface area (Å²) in [6, 6.07) is 7.23. The molecule has 19 heavy (non-hydrogen) atoms. The van der Waals surface area contributed by atoms with Gasteiger partial charge in [-0.3, -0.25) is 5.32 Å². The van der Waals surface area contributed by atoms with Gasteiger partial charge < -0.3 is 10.4 Å². The molecule has 0 bridgehead atoms. The minimum absolute atomic E-state index is 0.304. The quantitative estimate of drug-likeness (QED) is 0.355. The minimum Gasteiger partial charge on any atom is -0.361 e. The molecule has 7 nitrogen and oxygen atoms in total. The van der Waals surface area contributed by atoms with Crippen LogP contribution in [0.1, 0.15) is 5.82 Å². The standard InChI is InChI=1S/C10H12N6OS2/c1-11-10(17)12-6-3-2-4-7(5-6)16-8(9(18)19)13-14-15-16/h2-5,10-12,17H,1H3,(H,18,19). The van der Waals surface area contributed by atoms with Crippen LogP contribution in [0, 0.1) is 0 Å². The summed E-state index contributed by atoms with van der Waals surface area (Å²) in [6.45, 7) is 0. The number of thiocarbonyl (C=S) groups is 1. The molecule has 1 atom stereocenters. The molecule has 1 unspecified atom stereocenters. The lowest BCUT2D eigenvalue weighted by molar-refractivity contribution is 0.176. The maximum Gasteiger partial charge on any atom is 0.204 e. The monoisotopic (exact) mass is 296 g/mol. The van der Waals surface area contributed by atoms with Crippen molar-refractivity contribution in [3.05, 3.63) is 30.1 Å². The summed E-state index contributed by atoms with van der Waals surface area (Å²) in [5, 5.41) is 26.2. The molecule has 2 aromatic rings. The Kier molecular flexibility index (Phi) is 4.43. The van der Waals surface area contributed by atoms with Crippen LogP contribution in [0.25, 0.3) is 5.69 Å². The molecule has 9 heteroatoms. The first-order chi connectivity index (χ1) is 9.11. The van der Waals surface area contributed by atoms with Crippen molar-refractivity contribution in [1.29, 1.82) is 0 Å². The summed E-state index contributed by atoms with van der Waals surface area (Å²) >= 11 is 9.03. The highest BCUT2D eigenvalue weighted by Gasteiger charge is 2.11. The lowest BCUT2D eigenvalue weighted by Crippen LogP contribution is -2.32. The third kappa shape index (κ3) is 3.26. The van der Waals surface area contributed by atoms with Gasteiger partial charge >= 0.3 is 0 Å². The number of tetrazole rings is 1. The Morgan fingerprint density at radius 1 is 1.53 bits per heavy atom.